The molecule has 1 aliphatic heterocycles. The van der Waals surface area contributed by atoms with Crippen molar-refractivity contribution >= 4 is 17.5 Å². The predicted molar refractivity (Wildman–Crippen MR) is 91.3 cm³/mol. The van der Waals surface area contributed by atoms with Gasteiger partial charge in [0, 0.05) is 50.1 Å². The van der Waals surface area contributed by atoms with Crippen molar-refractivity contribution in [3.8, 4) is 0 Å². The van der Waals surface area contributed by atoms with Crippen molar-refractivity contribution in [2.75, 3.05) is 26.2 Å². The molecule has 0 radical (unpaired) electrons. The number of amides is 1. The normalized spacial score (nSPS) is 15.6. The van der Waals surface area contributed by atoms with Gasteiger partial charge in [0.1, 0.15) is 0 Å². The van der Waals surface area contributed by atoms with E-state index >= 15 is 0 Å². The quantitative estimate of drug-likeness (QED) is 0.865. The number of hydrogen-bond donors (Lipinski definition) is 0. The second-order valence-corrected chi connectivity index (χ2v) is 6.25. The molecule has 3 rings (SSSR count). The molecule has 2 heterocycles. The van der Waals surface area contributed by atoms with Crippen molar-refractivity contribution in [2.24, 2.45) is 0 Å². The molecule has 1 fully saturated rings. The van der Waals surface area contributed by atoms with Crippen LogP contribution in [-0.2, 0) is 17.8 Å². The van der Waals surface area contributed by atoms with Gasteiger partial charge in [0.15, 0.2) is 0 Å². The first-order chi connectivity index (χ1) is 11.2. The summed E-state index contributed by atoms with van der Waals surface area (Å²) in [6.45, 7) is 4.32. The Hall–Kier alpha value is -1.91. The third-order valence-electron chi connectivity index (χ3n) is 4.15. The van der Waals surface area contributed by atoms with Gasteiger partial charge in [-0.1, -0.05) is 23.7 Å². The molecule has 1 aromatic carbocycles. The van der Waals surface area contributed by atoms with E-state index < -0.39 is 0 Å². The highest BCUT2D eigenvalue weighted by molar-refractivity contribution is 6.30. The molecule has 5 heteroatoms. The van der Waals surface area contributed by atoms with E-state index in [0.29, 0.717) is 11.4 Å². The van der Waals surface area contributed by atoms with E-state index in [1.54, 1.807) is 0 Å². The van der Waals surface area contributed by atoms with E-state index in [1.165, 1.54) is 5.56 Å². The zero-order chi connectivity index (χ0) is 16.1. The summed E-state index contributed by atoms with van der Waals surface area (Å²) in [6.07, 6.45) is 4.09. The minimum Gasteiger partial charge on any atom is -0.340 e. The zero-order valence-electron chi connectivity index (χ0n) is 13.0. The Labute approximate surface area is 141 Å². The third kappa shape index (κ3) is 4.53. The molecule has 0 aliphatic carbocycles. The van der Waals surface area contributed by atoms with Crippen molar-refractivity contribution in [1.29, 1.82) is 0 Å². The van der Waals surface area contributed by atoms with E-state index in [9.17, 15) is 4.79 Å². The lowest BCUT2D eigenvalue weighted by molar-refractivity contribution is -0.132. The van der Waals surface area contributed by atoms with Gasteiger partial charge < -0.3 is 4.90 Å². The second-order valence-electron chi connectivity index (χ2n) is 5.82. The maximum Gasteiger partial charge on any atom is 0.227 e. The highest BCUT2D eigenvalue weighted by Crippen LogP contribution is 2.12. The first-order valence-corrected chi connectivity index (χ1v) is 8.22. The number of piperazine rings is 1. The van der Waals surface area contributed by atoms with Crippen molar-refractivity contribution in [1.82, 2.24) is 14.8 Å². The molecule has 1 saturated heterocycles. The van der Waals surface area contributed by atoms with Gasteiger partial charge in [-0.3, -0.25) is 14.7 Å². The molecule has 23 heavy (non-hydrogen) atoms. The lowest BCUT2D eigenvalue weighted by atomic mass is 10.1. The van der Waals surface area contributed by atoms with Gasteiger partial charge in [0.25, 0.3) is 0 Å². The number of benzene rings is 1. The number of aromatic nitrogens is 1. The standard InChI is InChI=1S/C18H20ClN3O/c19-17-3-1-15(2-4-17)13-18(23)22-11-9-21(10-12-22)14-16-5-7-20-8-6-16/h1-8H,9-14H2. The van der Waals surface area contributed by atoms with Gasteiger partial charge in [0.05, 0.1) is 6.42 Å². The van der Waals surface area contributed by atoms with Crippen LogP contribution in [0.4, 0.5) is 0 Å². The summed E-state index contributed by atoms with van der Waals surface area (Å²) < 4.78 is 0. The highest BCUT2D eigenvalue weighted by atomic mass is 35.5. The first kappa shape index (κ1) is 16.0. The largest absolute Gasteiger partial charge is 0.340 e. The number of halogens is 1. The molecule has 4 nitrogen and oxygen atoms in total. The van der Waals surface area contributed by atoms with Crippen molar-refractivity contribution in [3.63, 3.8) is 0 Å². The fourth-order valence-corrected chi connectivity index (χ4v) is 2.92. The lowest BCUT2D eigenvalue weighted by Gasteiger charge is -2.34. The molecule has 0 atom stereocenters. The molecule has 0 N–H and O–H groups in total. The average molecular weight is 330 g/mol. The average Bonchev–Trinajstić information content (AvgIpc) is 2.58. The fraction of sp³-hybridized carbons (Fsp3) is 0.333. The number of carbonyl (C=O) groups excluding carboxylic acids is 1. The molecule has 2 aromatic rings. The molecule has 0 unspecified atom stereocenters. The fourth-order valence-electron chi connectivity index (χ4n) is 2.79. The molecular formula is C18H20ClN3O. The van der Waals surface area contributed by atoms with Crippen LogP contribution in [0.25, 0.3) is 0 Å². The van der Waals surface area contributed by atoms with E-state index in [0.717, 1.165) is 38.3 Å². The smallest absolute Gasteiger partial charge is 0.227 e. The van der Waals surface area contributed by atoms with E-state index in [4.69, 9.17) is 11.6 Å². The Morgan fingerprint density at radius 2 is 1.61 bits per heavy atom. The molecule has 1 amide bonds. The van der Waals surface area contributed by atoms with Crippen LogP contribution >= 0.6 is 11.6 Å². The van der Waals surface area contributed by atoms with Crippen LogP contribution in [0, 0.1) is 0 Å². The molecule has 1 aliphatic rings. The van der Waals surface area contributed by atoms with Crippen LogP contribution in [0.15, 0.2) is 48.8 Å². The number of carbonyl (C=O) groups is 1. The van der Waals surface area contributed by atoms with E-state index in [1.807, 2.05) is 53.7 Å². The summed E-state index contributed by atoms with van der Waals surface area (Å²) in [4.78, 5) is 20.8. The Morgan fingerprint density at radius 3 is 2.26 bits per heavy atom. The Bertz CT molecular complexity index is 637. The number of rotatable bonds is 4. The second kappa shape index (κ2) is 7.57. The van der Waals surface area contributed by atoms with E-state index in [-0.39, 0.29) is 5.91 Å². The summed E-state index contributed by atoms with van der Waals surface area (Å²) in [5.74, 6) is 0.191. The third-order valence-corrected chi connectivity index (χ3v) is 4.40. The molecule has 0 bridgehead atoms. The first-order valence-electron chi connectivity index (χ1n) is 7.84. The summed E-state index contributed by atoms with van der Waals surface area (Å²) in [6, 6.07) is 11.6. The van der Waals surface area contributed by atoms with Gasteiger partial charge in [-0.15, -0.1) is 0 Å². The van der Waals surface area contributed by atoms with Crippen LogP contribution in [0.1, 0.15) is 11.1 Å². The summed E-state index contributed by atoms with van der Waals surface area (Å²) in [5, 5.41) is 0.700. The number of pyridine rings is 1. The monoisotopic (exact) mass is 329 g/mol. The summed E-state index contributed by atoms with van der Waals surface area (Å²) >= 11 is 5.87. The predicted octanol–water partition coefficient (Wildman–Crippen LogP) is 2.62. The highest BCUT2D eigenvalue weighted by Gasteiger charge is 2.21. The maximum absolute atomic E-state index is 12.4. The minimum absolute atomic E-state index is 0.191. The molecule has 0 spiro atoms. The maximum atomic E-state index is 12.4. The number of hydrogen-bond acceptors (Lipinski definition) is 3. The van der Waals surface area contributed by atoms with Crippen molar-refractivity contribution in [2.45, 2.75) is 13.0 Å². The summed E-state index contributed by atoms with van der Waals surface area (Å²) in [5.41, 5.74) is 2.28. The van der Waals surface area contributed by atoms with E-state index in [2.05, 4.69) is 9.88 Å². The van der Waals surface area contributed by atoms with Gasteiger partial charge in [-0.05, 0) is 35.4 Å². The van der Waals surface area contributed by atoms with Crippen LogP contribution in [0.3, 0.4) is 0 Å². The van der Waals surface area contributed by atoms with Crippen molar-refractivity contribution in [3.05, 3.63) is 64.9 Å². The lowest BCUT2D eigenvalue weighted by Crippen LogP contribution is -2.48. The SMILES string of the molecule is O=C(Cc1ccc(Cl)cc1)N1CCN(Cc2ccncc2)CC1. The van der Waals surface area contributed by atoms with Gasteiger partial charge in [-0.2, -0.15) is 0 Å². The topological polar surface area (TPSA) is 36.4 Å². The van der Waals surface area contributed by atoms with Crippen molar-refractivity contribution < 1.29 is 4.79 Å². The van der Waals surface area contributed by atoms with Crippen LogP contribution in [0.2, 0.25) is 5.02 Å². The molecule has 1 aromatic heterocycles. The molecular weight excluding hydrogens is 310 g/mol. The van der Waals surface area contributed by atoms with Gasteiger partial charge >= 0.3 is 0 Å². The Morgan fingerprint density at radius 1 is 0.957 bits per heavy atom. The van der Waals surface area contributed by atoms with Gasteiger partial charge in [0.2, 0.25) is 5.91 Å². The van der Waals surface area contributed by atoms with Crippen LogP contribution in [-0.4, -0.2) is 46.9 Å². The van der Waals surface area contributed by atoms with Crippen LogP contribution in [0.5, 0.6) is 0 Å². The van der Waals surface area contributed by atoms with Gasteiger partial charge in [-0.25, -0.2) is 0 Å². The van der Waals surface area contributed by atoms with Crippen LogP contribution < -0.4 is 0 Å². The number of nitrogens with zero attached hydrogens (tertiary/aromatic N) is 3. The summed E-state index contributed by atoms with van der Waals surface area (Å²) in [7, 11) is 0. The Kier molecular flexibility index (Phi) is 5.26. The Balaban J connectivity index is 1.48. The molecule has 120 valence electrons. The zero-order valence-corrected chi connectivity index (χ0v) is 13.7. The molecule has 0 saturated carbocycles. The minimum atomic E-state index is 0.191.